The topological polar surface area (TPSA) is 114 Å². The number of rotatable bonds is 9. The zero-order valence-corrected chi connectivity index (χ0v) is 19.4. The maximum absolute atomic E-state index is 12.9. The number of carbonyl (C=O) groups is 3. The molecule has 0 aromatic heterocycles. The average molecular weight is 467 g/mol. The average Bonchev–Trinajstić information content (AvgIpc) is 3.10. The standard InChI is InChI=1S/C26H30N2O6/c1-25(16-33-2,22(29)27-15-26(23(30)31)12-7-13-26)28-24(32)34-14-21-19-10-5-3-8-17(19)18-9-4-6-11-20(18)21/h3-6,8-11,21H,7,12-16H2,1-2H3,(H,27,29)(H,28,32)(H,30,31). The van der Waals surface area contributed by atoms with Gasteiger partial charge in [-0.15, -0.1) is 0 Å². The number of alkyl carbamates (subject to hydrolysis) is 1. The van der Waals surface area contributed by atoms with Gasteiger partial charge in [-0.05, 0) is 42.0 Å². The van der Waals surface area contributed by atoms with Crippen LogP contribution in [0.5, 0.6) is 0 Å². The molecule has 8 nitrogen and oxygen atoms in total. The summed E-state index contributed by atoms with van der Waals surface area (Å²) in [6.45, 7) is 1.56. The molecule has 0 aliphatic heterocycles. The first-order valence-corrected chi connectivity index (χ1v) is 11.4. The molecule has 4 rings (SSSR count). The summed E-state index contributed by atoms with van der Waals surface area (Å²) in [7, 11) is 1.43. The number of carboxylic acids is 1. The van der Waals surface area contributed by atoms with E-state index >= 15 is 0 Å². The van der Waals surface area contributed by atoms with Crippen LogP contribution in [0.15, 0.2) is 48.5 Å². The quantitative estimate of drug-likeness (QED) is 0.523. The van der Waals surface area contributed by atoms with Crippen LogP contribution in [0, 0.1) is 5.41 Å². The van der Waals surface area contributed by atoms with Gasteiger partial charge in [-0.1, -0.05) is 55.0 Å². The van der Waals surface area contributed by atoms with E-state index in [0.29, 0.717) is 12.8 Å². The van der Waals surface area contributed by atoms with Crippen molar-refractivity contribution in [3.8, 4) is 11.1 Å². The lowest BCUT2D eigenvalue weighted by Gasteiger charge is -2.38. The smallest absolute Gasteiger partial charge is 0.408 e. The highest BCUT2D eigenvalue weighted by atomic mass is 16.5. The molecule has 0 bridgehead atoms. The minimum atomic E-state index is -1.42. The Kier molecular flexibility index (Phi) is 6.61. The van der Waals surface area contributed by atoms with E-state index in [-0.39, 0.29) is 25.7 Å². The predicted octanol–water partition coefficient (Wildman–Crippen LogP) is 3.30. The third kappa shape index (κ3) is 4.37. The van der Waals surface area contributed by atoms with Gasteiger partial charge in [-0.2, -0.15) is 0 Å². The lowest BCUT2D eigenvalue weighted by molar-refractivity contribution is -0.154. The van der Waals surface area contributed by atoms with Gasteiger partial charge in [0.05, 0.1) is 12.0 Å². The van der Waals surface area contributed by atoms with Crippen molar-refractivity contribution < 1.29 is 29.0 Å². The van der Waals surface area contributed by atoms with Crippen LogP contribution < -0.4 is 10.6 Å². The molecule has 2 aliphatic rings. The predicted molar refractivity (Wildman–Crippen MR) is 125 cm³/mol. The molecule has 0 saturated heterocycles. The van der Waals surface area contributed by atoms with Crippen molar-refractivity contribution >= 4 is 18.0 Å². The Balaban J connectivity index is 1.40. The first-order chi connectivity index (χ1) is 16.3. The van der Waals surface area contributed by atoms with Crippen molar-refractivity contribution in [3.05, 3.63) is 59.7 Å². The van der Waals surface area contributed by atoms with Gasteiger partial charge < -0.3 is 25.2 Å². The van der Waals surface area contributed by atoms with Crippen LogP contribution in [0.3, 0.4) is 0 Å². The second-order valence-corrected chi connectivity index (χ2v) is 9.34. The lowest BCUT2D eigenvalue weighted by Crippen LogP contribution is -2.61. The fourth-order valence-electron chi connectivity index (χ4n) is 4.82. The first kappa shape index (κ1) is 23.8. The molecule has 2 amide bonds. The molecule has 34 heavy (non-hydrogen) atoms. The second kappa shape index (κ2) is 9.46. The van der Waals surface area contributed by atoms with E-state index in [1.165, 1.54) is 14.0 Å². The fraction of sp³-hybridized carbons (Fsp3) is 0.423. The summed E-state index contributed by atoms with van der Waals surface area (Å²) in [5.74, 6) is -1.54. The van der Waals surface area contributed by atoms with E-state index in [4.69, 9.17) is 9.47 Å². The van der Waals surface area contributed by atoms with E-state index in [1.54, 1.807) is 0 Å². The van der Waals surface area contributed by atoms with E-state index in [0.717, 1.165) is 28.7 Å². The van der Waals surface area contributed by atoms with Crippen molar-refractivity contribution in [1.82, 2.24) is 10.6 Å². The lowest BCUT2D eigenvalue weighted by atomic mass is 9.68. The highest BCUT2D eigenvalue weighted by molar-refractivity contribution is 5.90. The summed E-state index contributed by atoms with van der Waals surface area (Å²) in [5.41, 5.74) is 2.08. The van der Waals surface area contributed by atoms with Crippen LogP contribution in [0.1, 0.15) is 43.2 Å². The monoisotopic (exact) mass is 466 g/mol. The molecule has 180 valence electrons. The minimum absolute atomic E-state index is 0.00679. The Morgan fingerprint density at radius 2 is 1.65 bits per heavy atom. The molecule has 0 heterocycles. The number of methoxy groups -OCH3 is 1. The van der Waals surface area contributed by atoms with Gasteiger partial charge in [0.15, 0.2) is 0 Å². The Morgan fingerprint density at radius 3 is 2.15 bits per heavy atom. The third-order valence-corrected chi connectivity index (χ3v) is 7.01. The Morgan fingerprint density at radius 1 is 1.06 bits per heavy atom. The zero-order valence-electron chi connectivity index (χ0n) is 19.4. The van der Waals surface area contributed by atoms with E-state index < -0.39 is 28.9 Å². The molecule has 1 atom stereocenters. The molecule has 0 radical (unpaired) electrons. The Labute approximate surface area is 198 Å². The largest absolute Gasteiger partial charge is 0.481 e. The van der Waals surface area contributed by atoms with E-state index in [1.807, 2.05) is 36.4 Å². The van der Waals surface area contributed by atoms with Crippen LogP contribution >= 0.6 is 0 Å². The van der Waals surface area contributed by atoms with Crippen LogP contribution in [-0.4, -0.2) is 55.5 Å². The number of amides is 2. The summed E-state index contributed by atoms with van der Waals surface area (Å²) in [4.78, 5) is 37.3. The van der Waals surface area contributed by atoms with Gasteiger partial charge in [-0.25, -0.2) is 4.79 Å². The van der Waals surface area contributed by atoms with E-state index in [2.05, 4.69) is 22.8 Å². The van der Waals surface area contributed by atoms with Gasteiger partial charge in [0.2, 0.25) is 5.91 Å². The first-order valence-electron chi connectivity index (χ1n) is 11.4. The van der Waals surface area contributed by atoms with Crippen molar-refractivity contribution in [2.45, 2.75) is 37.6 Å². The SMILES string of the molecule is COCC(C)(NC(=O)OCC1c2ccccc2-c2ccccc21)C(=O)NCC1(C(=O)O)CCC1. The Hall–Kier alpha value is -3.39. The van der Waals surface area contributed by atoms with Crippen molar-refractivity contribution in [1.29, 1.82) is 0 Å². The number of hydrogen-bond donors (Lipinski definition) is 3. The maximum atomic E-state index is 12.9. The molecule has 1 saturated carbocycles. The highest BCUT2D eigenvalue weighted by Crippen LogP contribution is 2.44. The number of nitrogens with one attached hydrogen (secondary N) is 2. The van der Waals surface area contributed by atoms with Gasteiger partial charge in [0.25, 0.3) is 0 Å². The molecule has 2 aliphatic carbocycles. The van der Waals surface area contributed by atoms with Crippen LogP contribution in [0.2, 0.25) is 0 Å². The van der Waals surface area contributed by atoms with Gasteiger partial charge in [0, 0.05) is 19.6 Å². The molecule has 0 spiro atoms. The number of aliphatic carboxylic acids is 1. The number of ether oxygens (including phenoxy) is 2. The van der Waals surface area contributed by atoms with Crippen molar-refractivity contribution in [2.24, 2.45) is 5.41 Å². The molecule has 1 unspecified atom stereocenters. The molecule has 8 heteroatoms. The maximum Gasteiger partial charge on any atom is 0.408 e. The van der Waals surface area contributed by atoms with Crippen LogP contribution in [0.4, 0.5) is 4.79 Å². The number of hydrogen-bond acceptors (Lipinski definition) is 5. The zero-order chi connectivity index (χ0) is 24.3. The van der Waals surface area contributed by atoms with Crippen LogP contribution in [0.25, 0.3) is 11.1 Å². The third-order valence-electron chi connectivity index (χ3n) is 7.01. The summed E-state index contributed by atoms with van der Waals surface area (Å²) in [5, 5.41) is 14.8. The molecular formula is C26H30N2O6. The molecule has 2 aromatic rings. The molecule has 3 N–H and O–H groups in total. The summed E-state index contributed by atoms with van der Waals surface area (Å²) < 4.78 is 10.7. The summed E-state index contributed by atoms with van der Waals surface area (Å²) in [6, 6.07) is 16.1. The Bertz CT molecular complexity index is 1050. The normalized spacial score (nSPS) is 17.5. The number of fused-ring (bicyclic) bond motifs is 3. The minimum Gasteiger partial charge on any atom is -0.481 e. The van der Waals surface area contributed by atoms with Gasteiger partial charge >= 0.3 is 12.1 Å². The van der Waals surface area contributed by atoms with E-state index in [9.17, 15) is 19.5 Å². The molecular weight excluding hydrogens is 436 g/mol. The van der Waals surface area contributed by atoms with Crippen molar-refractivity contribution in [3.63, 3.8) is 0 Å². The highest BCUT2D eigenvalue weighted by Gasteiger charge is 2.46. The molecule has 1 fully saturated rings. The van der Waals surface area contributed by atoms with Crippen molar-refractivity contribution in [2.75, 3.05) is 26.9 Å². The second-order valence-electron chi connectivity index (χ2n) is 9.34. The summed E-state index contributed by atoms with van der Waals surface area (Å²) >= 11 is 0. The van der Waals surface area contributed by atoms with Gasteiger partial charge in [-0.3, -0.25) is 9.59 Å². The van der Waals surface area contributed by atoms with Crippen LogP contribution in [-0.2, 0) is 19.1 Å². The number of carboxylic acid groups (broad SMARTS) is 1. The van der Waals surface area contributed by atoms with Gasteiger partial charge in [0.1, 0.15) is 12.1 Å². The number of benzene rings is 2. The molecule has 2 aromatic carbocycles. The fourth-order valence-corrected chi connectivity index (χ4v) is 4.82. The number of carbonyl (C=O) groups excluding carboxylic acids is 2. The summed E-state index contributed by atoms with van der Waals surface area (Å²) in [6.07, 6.45) is 1.11.